The minimum Gasteiger partial charge on any atom is -0.506 e. The third-order valence-electron chi connectivity index (χ3n) is 2.67. The van der Waals surface area contributed by atoms with Crippen molar-refractivity contribution in [1.82, 2.24) is 19.9 Å². The highest BCUT2D eigenvalue weighted by Crippen LogP contribution is 2.27. The molecule has 0 bridgehead atoms. The van der Waals surface area contributed by atoms with Crippen LogP contribution in [0.4, 0.5) is 0 Å². The van der Waals surface area contributed by atoms with Crippen LogP contribution in [0.15, 0.2) is 30.6 Å². The van der Waals surface area contributed by atoms with Crippen molar-refractivity contribution in [2.45, 2.75) is 6.92 Å². The number of ether oxygens (including phenoxy) is 1. The molecule has 2 N–H and O–H groups in total. The Kier molecular flexibility index (Phi) is 2.75. The maximum Gasteiger partial charge on any atom is 0.215 e. The summed E-state index contributed by atoms with van der Waals surface area (Å²) in [7, 11) is 0. The normalized spacial score (nSPS) is 10.8. The van der Waals surface area contributed by atoms with Gasteiger partial charge in [0, 0.05) is 12.3 Å². The van der Waals surface area contributed by atoms with E-state index in [9.17, 15) is 5.11 Å². The molecule has 0 amide bonds. The zero-order chi connectivity index (χ0) is 13.2. The van der Waals surface area contributed by atoms with Gasteiger partial charge >= 0.3 is 0 Å². The first-order valence-corrected chi connectivity index (χ1v) is 5.91. The van der Waals surface area contributed by atoms with Gasteiger partial charge in [-0.05, 0) is 19.1 Å². The van der Waals surface area contributed by atoms with Crippen molar-refractivity contribution >= 4 is 11.2 Å². The van der Waals surface area contributed by atoms with Crippen LogP contribution in [0.5, 0.6) is 11.6 Å². The van der Waals surface area contributed by atoms with E-state index in [2.05, 4.69) is 19.9 Å². The Morgan fingerprint density at radius 3 is 2.95 bits per heavy atom. The number of H-pyrrole nitrogens is 1. The predicted molar refractivity (Wildman–Crippen MR) is 70.0 cm³/mol. The summed E-state index contributed by atoms with van der Waals surface area (Å²) >= 11 is 0. The van der Waals surface area contributed by atoms with Crippen LogP contribution >= 0.6 is 0 Å². The van der Waals surface area contributed by atoms with Gasteiger partial charge in [-0.15, -0.1) is 0 Å². The second kappa shape index (κ2) is 4.56. The number of rotatable bonds is 3. The molecule has 6 nitrogen and oxygen atoms in total. The van der Waals surface area contributed by atoms with Gasteiger partial charge in [-0.25, -0.2) is 4.98 Å². The van der Waals surface area contributed by atoms with E-state index in [1.807, 2.05) is 13.0 Å². The van der Waals surface area contributed by atoms with E-state index < -0.39 is 0 Å². The number of aromatic hydroxyl groups is 1. The van der Waals surface area contributed by atoms with Crippen molar-refractivity contribution in [3.8, 4) is 23.0 Å². The third kappa shape index (κ3) is 2.08. The minimum atomic E-state index is 0.0755. The van der Waals surface area contributed by atoms with Crippen molar-refractivity contribution in [2.75, 3.05) is 6.61 Å². The van der Waals surface area contributed by atoms with Crippen molar-refractivity contribution in [3.63, 3.8) is 0 Å². The topological polar surface area (TPSA) is 83.9 Å². The first-order chi connectivity index (χ1) is 9.28. The van der Waals surface area contributed by atoms with Gasteiger partial charge < -0.3 is 14.8 Å². The molecule has 6 heteroatoms. The monoisotopic (exact) mass is 256 g/mol. The van der Waals surface area contributed by atoms with E-state index in [1.54, 1.807) is 18.3 Å². The smallest absolute Gasteiger partial charge is 0.215 e. The second-order valence-corrected chi connectivity index (χ2v) is 3.93. The summed E-state index contributed by atoms with van der Waals surface area (Å²) in [4.78, 5) is 15.6. The van der Waals surface area contributed by atoms with Crippen molar-refractivity contribution < 1.29 is 9.84 Å². The number of pyridine rings is 2. The number of aromatic nitrogens is 4. The van der Waals surface area contributed by atoms with Gasteiger partial charge in [0.15, 0.2) is 5.65 Å². The van der Waals surface area contributed by atoms with E-state index in [4.69, 9.17) is 4.74 Å². The minimum absolute atomic E-state index is 0.0755. The van der Waals surface area contributed by atoms with E-state index in [1.165, 1.54) is 6.20 Å². The lowest BCUT2D eigenvalue weighted by molar-refractivity contribution is 0.328. The molecule has 0 aliphatic carbocycles. The number of fused-ring (bicyclic) bond motifs is 1. The van der Waals surface area contributed by atoms with Gasteiger partial charge in [0.2, 0.25) is 5.88 Å². The maximum absolute atomic E-state index is 9.76. The fraction of sp³-hybridized carbons (Fsp3) is 0.154. The van der Waals surface area contributed by atoms with Gasteiger partial charge in [-0.2, -0.15) is 4.98 Å². The van der Waals surface area contributed by atoms with E-state index in [0.29, 0.717) is 29.5 Å². The van der Waals surface area contributed by atoms with Crippen LogP contribution in [0.1, 0.15) is 6.92 Å². The highest BCUT2D eigenvalue weighted by Gasteiger charge is 2.10. The van der Waals surface area contributed by atoms with Gasteiger partial charge in [0.25, 0.3) is 0 Å². The molecule has 0 saturated heterocycles. The fourth-order valence-corrected chi connectivity index (χ4v) is 1.82. The summed E-state index contributed by atoms with van der Waals surface area (Å²) in [5.41, 5.74) is 1.93. The number of imidazole rings is 1. The molecule has 3 aromatic heterocycles. The molecular formula is C13H12N4O2. The summed E-state index contributed by atoms with van der Waals surface area (Å²) in [5.74, 6) is 1.16. The molecule has 0 saturated carbocycles. The SMILES string of the molecule is CCOc1ccc2[nH]c(-c3ccncc3O)nc2n1. The zero-order valence-corrected chi connectivity index (χ0v) is 10.3. The molecule has 0 atom stereocenters. The Bertz CT molecular complexity index is 723. The van der Waals surface area contributed by atoms with Crippen LogP contribution in [0.3, 0.4) is 0 Å². The first-order valence-electron chi connectivity index (χ1n) is 5.91. The molecular weight excluding hydrogens is 244 g/mol. The van der Waals surface area contributed by atoms with E-state index >= 15 is 0 Å². The van der Waals surface area contributed by atoms with E-state index in [0.717, 1.165) is 5.52 Å². The van der Waals surface area contributed by atoms with Crippen LogP contribution in [0.25, 0.3) is 22.6 Å². The Morgan fingerprint density at radius 1 is 1.26 bits per heavy atom. The zero-order valence-electron chi connectivity index (χ0n) is 10.3. The molecule has 0 radical (unpaired) electrons. The summed E-state index contributed by atoms with van der Waals surface area (Å²) < 4.78 is 5.33. The predicted octanol–water partition coefficient (Wildman–Crippen LogP) is 2.12. The summed E-state index contributed by atoms with van der Waals surface area (Å²) in [5, 5.41) is 9.76. The molecule has 3 rings (SSSR count). The van der Waals surface area contributed by atoms with Crippen LogP contribution in [-0.2, 0) is 0 Å². The molecule has 0 aliphatic heterocycles. The third-order valence-corrected chi connectivity index (χ3v) is 2.67. The number of nitrogens with zero attached hydrogens (tertiary/aromatic N) is 3. The lowest BCUT2D eigenvalue weighted by Gasteiger charge is -1.99. The lowest BCUT2D eigenvalue weighted by Crippen LogP contribution is -1.93. The highest BCUT2D eigenvalue weighted by atomic mass is 16.5. The van der Waals surface area contributed by atoms with Crippen LogP contribution in [0, 0.1) is 0 Å². The van der Waals surface area contributed by atoms with Crippen molar-refractivity contribution in [1.29, 1.82) is 0 Å². The highest BCUT2D eigenvalue weighted by molar-refractivity contribution is 5.77. The molecule has 0 unspecified atom stereocenters. The summed E-state index contributed by atoms with van der Waals surface area (Å²) in [6.07, 6.45) is 2.98. The molecule has 3 aromatic rings. The summed E-state index contributed by atoms with van der Waals surface area (Å²) in [6.45, 7) is 2.46. The lowest BCUT2D eigenvalue weighted by atomic mass is 10.2. The van der Waals surface area contributed by atoms with E-state index in [-0.39, 0.29) is 5.75 Å². The molecule has 0 aliphatic rings. The van der Waals surface area contributed by atoms with Crippen molar-refractivity contribution in [2.24, 2.45) is 0 Å². The Morgan fingerprint density at radius 2 is 2.16 bits per heavy atom. The summed E-state index contributed by atoms with van der Waals surface area (Å²) in [6, 6.07) is 5.32. The van der Waals surface area contributed by atoms with Gasteiger partial charge in [0.1, 0.15) is 11.6 Å². The Hall–Kier alpha value is -2.63. The maximum atomic E-state index is 9.76. The standard InChI is InChI=1S/C13H12N4O2/c1-2-19-11-4-3-9-13(16-11)17-12(15-9)8-5-6-14-7-10(8)18/h3-7,18H,2H2,1H3,(H,15,16,17). The molecule has 96 valence electrons. The largest absolute Gasteiger partial charge is 0.506 e. The average Bonchev–Trinajstić information content (AvgIpc) is 2.82. The molecule has 0 fully saturated rings. The van der Waals surface area contributed by atoms with Gasteiger partial charge in [-0.1, -0.05) is 0 Å². The number of nitrogens with one attached hydrogen (secondary N) is 1. The second-order valence-electron chi connectivity index (χ2n) is 3.93. The molecule has 0 spiro atoms. The molecule has 3 heterocycles. The number of hydrogen-bond acceptors (Lipinski definition) is 5. The van der Waals surface area contributed by atoms with Crippen molar-refractivity contribution in [3.05, 3.63) is 30.6 Å². The number of hydrogen-bond donors (Lipinski definition) is 2. The van der Waals surface area contributed by atoms with Crippen LogP contribution < -0.4 is 4.74 Å². The van der Waals surface area contributed by atoms with Crippen LogP contribution in [0.2, 0.25) is 0 Å². The quantitative estimate of drug-likeness (QED) is 0.749. The molecule has 0 aromatic carbocycles. The molecule has 19 heavy (non-hydrogen) atoms. The van der Waals surface area contributed by atoms with Crippen LogP contribution in [-0.4, -0.2) is 31.6 Å². The van der Waals surface area contributed by atoms with Gasteiger partial charge in [-0.3, -0.25) is 4.98 Å². The Balaban J connectivity index is 2.09. The first kappa shape index (κ1) is 11.5. The van der Waals surface area contributed by atoms with Gasteiger partial charge in [0.05, 0.1) is 23.9 Å². The Labute approximate surface area is 109 Å². The average molecular weight is 256 g/mol. The fourth-order valence-electron chi connectivity index (χ4n) is 1.82. The number of aromatic amines is 1.